The van der Waals surface area contributed by atoms with Crippen molar-refractivity contribution in [1.82, 2.24) is 0 Å². The quantitative estimate of drug-likeness (QED) is 0.223. The first-order valence-electron chi connectivity index (χ1n) is 12.6. The topological polar surface area (TPSA) is 99.0 Å². The highest BCUT2D eigenvalue weighted by atomic mass is 16.3. The zero-order valence-corrected chi connectivity index (χ0v) is 20.8. The molecule has 186 valence electrons. The van der Waals surface area contributed by atoms with Crippen molar-refractivity contribution in [2.45, 2.75) is 58.8 Å². The van der Waals surface area contributed by atoms with Gasteiger partial charge in [0.25, 0.3) is 0 Å². The third kappa shape index (κ3) is 5.48. The lowest BCUT2D eigenvalue weighted by molar-refractivity contribution is 0.0960. The predicted molar refractivity (Wildman–Crippen MR) is 144 cm³/mol. The van der Waals surface area contributed by atoms with Crippen LogP contribution in [-0.4, -0.2) is 27.5 Å². The molecule has 0 heterocycles. The number of nitrogens with zero attached hydrogens (tertiary/aromatic N) is 1. The van der Waals surface area contributed by atoms with Crippen LogP contribution < -0.4 is 5.32 Å². The number of phenols is 2. The summed E-state index contributed by atoms with van der Waals surface area (Å²) >= 11 is 0. The maximum absolute atomic E-state index is 13.2. The zero-order chi connectivity index (χ0) is 25.7. The van der Waals surface area contributed by atoms with Crippen LogP contribution in [0.2, 0.25) is 0 Å². The Morgan fingerprint density at radius 2 is 1.42 bits per heavy atom. The van der Waals surface area contributed by atoms with Gasteiger partial charge in [-0.25, -0.2) is 4.99 Å². The van der Waals surface area contributed by atoms with E-state index in [9.17, 15) is 19.8 Å². The van der Waals surface area contributed by atoms with Gasteiger partial charge in [-0.1, -0.05) is 51.0 Å². The van der Waals surface area contributed by atoms with Crippen LogP contribution >= 0.6 is 0 Å². The van der Waals surface area contributed by atoms with Crippen LogP contribution in [0.25, 0.3) is 0 Å². The number of benzene rings is 3. The molecule has 0 amide bonds. The molecule has 0 unspecified atom stereocenters. The summed E-state index contributed by atoms with van der Waals surface area (Å²) in [6.45, 7) is 4.29. The highest BCUT2D eigenvalue weighted by molar-refractivity contribution is 6.54. The van der Waals surface area contributed by atoms with E-state index < -0.39 is 11.6 Å². The molecule has 0 radical (unpaired) electrons. The Labute approximate surface area is 211 Å². The van der Waals surface area contributed by atoms with Crippen molar-refractivity contribution in [1.29, 1.82) is 0 Å². The second-order valence-electron chi connectivity index (χ2n) is 9.22. The Morgan fingerprint density at radius 3 is 2.00 bits per heavy atom. The molecule has 1 aliphatic rings. The molecule has 36 heavy (non-hydrogen) atoms. The Bertz CT molecular complexity index is 1290. The van der Waals surface area contributed by atoms with E-state index in [0.29, 0.717) is 11.4 Å². The van der Waals surface area contributed by atoms with Crippen LogP contribution in [0.4, 0.5) is 17.1 Å². The number of rotatable bonds is 9. The largest absolute Gasteiger partial charge is 0.507 e. The van der Waals surface area contributed by atoms with Gasteiger partial charge in [0.15, 0.2) is 11.5 Å². The first kappa shape index (κ1) is 25.2. The number of hydrogen-bond donors (Lipinski definition) is 3. The molecule has 0 aliphatic heterocycles. The first-order valence-corrected chi connectivity index (χ1v) is 12.6. The van der Waals surface area contributed by atoms with E-state index in [1.54, 1.807) is 0 Å². The highest BCUT2D eigenvalue weighted by Gasteiger charge is 2.35. The van der Waals surface area contributed by atoms with Crippen LogP contribution in [-0.2, 0) is 12.8 Å². The summed E-state index contributed by atoms with van der Waals surface area (Å²) < 4.78 is 0. The molecule has 0 fully saturated rings. The molecule has 3 aromatic carbocycles. The molecule has 3 N–H and O–H groups in total. The summed E-state index contributed by atoms with van der Waals surface area (Å²) in [5.74, 6) is -1.74. The molecule has 6 nitrogen and oxygen atoms in total. The minimum absolute atomic E-state index is 0.0480. The maximum atomic E-state index is 13.2. The number of carbonyl (C=O) groups is 2. The molecule has 6 heteroatoms. The van der Waals surface area contributed by atoms with Gasteiger partial charge in [-0.05, 0) is 61.1 Å². The predicted octanol–water partition coefficient (Wildman–Crippen LogP) is 7.07. The molecular weight excluding hydrogens is 452 g/mol. The standard InChI is InChI=1S/C30H32N2O4/c1-3-5-7-19-9-13-21(14-10-19)31-23-17-25(33)28-27(29(23)35)26(34)18-24(30(28)36)32-22-15-11-20(12-16-22)8-6-4-2/h9-17,31,33,35H,3-8,18H2,1-2H3. The van der Waals surface area contributed by atoms with Crippen molar-refractivity contribution < 1.29 is 19.8 Å². The van der Waals surface area contributed by atoms with E-state index in [1.165, 1.54) is 17.2 Å². The van der Waals surface area contributed by atoms with Gasteiger partial charge in [0.2, 0.25) is 5.78 Å². The first-order chi connectivity index (χ1) is 17.4. The molecule has 0 saturated heterocycles. The monoisotopic (exact) mass is 484 g/mol. The van der Waals surface area contributed by atoms with E-state index in [4.69, 9.17) is 0 Å². The number of aliphatic imine (C=N–C) groups is 1. The Hall–Kier alpha value is -3.93. The summed E-state index contributed by atoms with van der Waals surface area (Å²) in [5.41, 5.74) is 3.50. The normalized spacial score (nSPS) is 14.2. The summed E-state index contributed by atoms with van der Waals surface area (Å²) in [6.07, 6.45) is 6.16. The summed E-state index contributed by atoms with van der Waals surface area (Å²) in [7, 11) is 0. The fourth-order valence-corrected chi connectivity index (χ4v) is 4.38. The average Bonchev–Trinajstić information content (AvgIpc) is 2.88. The SMILES string of the molecule is CCCCc1ccc(N=C2CC(=O)c3c(O)c(Nc4ccc(CCCC)cc4)cc(O)c3C2=O)cc1. The number of nitrogens with one attached hydrogen (secondary N) is 1. The van der Waals surface area contributed by atoms with Crippen LogP contribution in [0.5, 0.6) is 11.5 Å². The number of Topliss-reactive ketones (excluding diaryl/α,β-unsaturated/α-hetero) is 2. The van der Waals surface area contributed by atoms with Crippen molar-refractivity contribution in [2.75, 3.05) is 5.32 Å². The van der Waals surface area contributed by atoms with Crippen molar-refractivity contribution in [3.05, 3.63) is 76.9 Å². The number of unbranched alkanes of at least 4 members (excludes halogenated alkanes) is 2. The van der Waals surface area contributed by atoms with Gasteiger partial charge in [-0.2, -0.15) is 0 Å². The molecule has 0 spiro atoms. The smallest absolute Gasteiger partial charge is 0.212 e. The number of aromatic hydroxyl groups is 2. The summed E-state index contributed by atoms with van der Waals surface area (Å²) in [6, 6.07) is 16.6. The van der Waals surface area contributed by atoms with Crippen LogP contribution in [0.15, 0.2) is 59.6 Å². The maximum Gasteiger partial charge on any atom is 0.212 e. The van der Waals surface area contributed by atoms with Gasteiger partial charge in [-0.3, -0.25) is 9.59 Å². The lowest BCUT2D eigenvalue weighted by Crippen LogP contribution is -2.27. The molecule has 4 rings (SSSR count). The highest BCUT2D eigenvalue weighted by Crippen LogP contribution is 2.41. The summed E-state index contributed by atoms with van der Waals surface area (Å²) in [4.78, 5) is 30.6. The number of hydrogen-bond acceptors (Lipinski definition) is 6. The lowest BCUT2D eigenvalue weighted by Gasteiger charge is -2.20. The van der Waals surface area contributed by atoms with Gasteiger partial charge < -0.3 is 15.5 Å². The third-order valence-electron chi connectivity index (χ3n) is 6.45. The van der Waals surface area contributed by atoms with Crippen molar-refractivity contribution >= 4 is 34.3 Å². The van der Waals surface area contributed by atoms with Crippen molar-refractivity contribution in [3.63, 3.8) is 0 Å². The van der Waals surface area contributed by atoms with Gasteiger partial charge in [-0.15, -0.1) is 0 Å². The van der Waals surface area contributed by atoms with E-state index in [2.05, 4.69) is 24.2 Å². The fourth-order valence-electron chi connectivity index (χ4n) is 4.38. The number of ketones is 2. The minimum Gasteiger partial charge on any atom is -0.507 e. The Morgan fingerprint density at radius 1 is 0.833 bits per heavy atom. The zero-order valence-electron chi connectivity index (χ0n) is 20.8. The molecule has 0 saturated carbocycles. The van der Waals surface area contributed by atoms with Gasteiger partial charge >= 0.3 is 0 Å². The molecule has 0 aromatic heterocycles. The third-order valence-corrected chi connectivity index (χ3v) is 6.45. The van der Waals surface area contributed by atoms with Crippen LogP contribution in [0.1, 0.15) is 77.8 Å². The Balaban J connectivity index is 1.59. The summed E-state index contributed by atoms with van der Waals surface area (Å²) in [5, 5.41) is 24.6. The van der Waals surface area contributed by atoms with E-state index in [0.717, 1.165) is 38.5 Å². The van der Waals surface area contributed by atoms with Crippen LogP contribution in [0, 0.1) is 0 Å². The number of carbonyl (C=O) groups excluding carboxylic acids is 2. The van der Waals surface area contributed by atoms with Gasteiger partial charge in [0, 0.05) is 11.8 Å². The second kappa shape index (κ2) is 11.2. The van der Waals surface area contributed by atoms with Crippen molar-refractivity contribution in [3.8, 4) is 11.5 Å². The van der Waals surface area contributed by atoms with E-state index in [1.807, 2.05) is 48.5 Å². The van der Waals surface area contributed by atoms with Crippen molar-refractivity contribution in [2.24, 2.45) is 4.99 Å². The number of phenolic OH excluding ortho intramolecular Hbond substituents is 2. The molecule has 0 atom stereocenters. The van der Waals surface area contributed by atoms with Gasteiger partial charge in [0.1, 0.15) is 5.75 Å². The average molecular weight is 485 g/mol. The molecule has 1 aliphatic carbocycles. The number of aryl methyl sites for hydroxylation is 2. The number of fused-ring (bicyclic) bond motifs is 1. The fraction of sp³-hybridized carbons (Fsp3) is 0.300. The van der Waals surface area contributed by atoms with E-state index in [-0.39, 0.29) is 40.4 Å². The molecule has 3 aromatic rings. The lowest BCUT2D eigenvalue weighted by atomic mass is 9.86. The van der Waals surface area contributed by atoms with Gasteiger partial charge in [0.05, 0.1) is 34.6 Å². The molecule has 0 bridgehead atoms. The van der Waals surface area contributed by atoms with E-state index >= 15 is 0 Å². The number of anilines is 2. The minimum atomic E-state index is -0.556. The Kier molecular flexibility index (Phi) is 7.84. The molecular formula is C30H32N2O4. The second-order valence-corrected chi connectivity index (χ2v) is 9.22. The van der Waals surface area contributed by atoms with Crippen LogP contribution in [0.3, 0.4) is 0 Å².